The maximum absolute atomic E-state index is 12.8. The molecule has 0 spiro atoms. The quantitative estimate of drug-likeness (QED) is 0.755. The van der Waals surface area contributed by atoms with Crippen molar-refractivity contribution in [2.24, 2.45) is 9.98 Å². The van der Waals surface area contributed by atoms with E-state index in [0.717, 1.165) is 9.82 Å². The number of rotatable bonds is 2. The first kappa shape index (κ1) is 18.7. The Morgan fingerprint density at radius 3 is 1.96 bits per heavy atom. The van der Waals surface area contributed by atoms with Crippen LogP contribution in [0.5, 0.6) is 0 Å². The summed E-state index contributed by atoms with van der Waals surface area (Å²) in [5.74, 6) is 0.799. The van der Waals surface area contributed by atoms with Crippen LogP contribution < -0.4 is 0 Å². The second-order valence-electron chi connectivity index (χ2n) is 9.28. The normalized spacial score (nSPS) is 25.3. The van der Waals surface area contributed by atoms with E-state index in [0.29, 0.717) is 22.8 Å². The Labute approximate surface area is 155 Å². The van der Waals surface area contributed by atoms with Gasteiger partial charge in [-0.05, 0) is 72.3 Å². The fourth-order valence-corrected chi connectivity index (χ4v) is 3.08. The van der Waals surface area contributed by atoms with Gasteiger partial charge in [-0.1, -0.05) is 22.0 Å². The molecule has 0 saturated carbocycles. The van der Waals surface area contributed by atoms with E-state index < -0.39 is 22.2 Å². The van der Waals surface area contributed by atoms with Crippen LogP contribution >= 0.6 is 0 Å². The maximum Gasteiger partial charge on any atom is 0.364 e. The number of nitrogens with zero attached hydrogens (tertiary/aromatic N) is 4. The fraction of sp³-hybridized carbons (Fsp3) is 0.600. The molecule has 26 heavy (non-hydrogen) atoms. The molecule has 2 aliphatic heterocycles. The van der Waals surface area contributed by atoms with Gasteiger partial charge >= 0.3 is 5.84 Å². The number of benzene rings is 1. The predicted molar refractivity (Wildman–Crippen MR) is 105 cm³/mol. The van der Waals surface area contributed by atoms with E-state index in [9.17, 15) is 10.1 Å². The molecule has 0 aliphatic carbocycles. The Hall–Kier alpha value is -2.08. The minimum Gasteiger partial charge on any atom is -0.757 e. The highest BCUT2D eigenvalue weighted by molar-refractivity contribution is 6.04. The molecule has 0 fully saturated rings. The average Bonchev–Trinajstić information content (AvgIpc) is 2.81. The summed E-state index contributed by atoms with van der Waals surface area (Å²) in [6, 6.07) is 7.38. The van der Waals surface area contributed by atoms with E-state index in [1.807, 2.05) is 79.7 Å². The van der Waals surface area contributed by atoms with Crippen LogP contribution in [-0.4, -0.2) is 43.7 Å². The van der Waals surface area contributed by atoms with Crippen molar-refractivity contribution in [1.82, 2.24) is 5.06 Å². The highest BCUT2D eigenvalue weighted by atomic mass is 16.5. The molecule has 2 heterocycles. The van der Waals surface area contributed by atoms with Crippen molar-refractivity contribution < 1.29 is 4.76 Å². The third-order valence-corrected chi connectivity index (χ3v) is 6.54. The highest BCUT2D eigenvalue weighted by Crippen LogP contribution is 2.39. The van der Waals surface area contributed by atoms with Crippen molar-refractivity contribution in [3.8, 4) is 0 Å². The molecule has 6 nitrogen and oxygen atoms in total. The molecular formula is C20H28N4O2. The van der Waals surface area contributed by atoms with Crippen LogP contribution in [0.3, 0.4) is 0 Å². The van der Waals surface area contributed by atoms with E-state index in [2.05, 4.69) is 9.98 Å². The first-order chi connectivity index (χ1) is 11.7. The first-order valence-corrected chi connectivity index (χ1v) is 8.98. The lowest BCUT2D eigenvalue weighted by molar-refractivity contribution is -0.514. The Morgan fingerprint density at radius 2 is 1.50 bits per heavy atom. The van der Waals surface area contributed by atoms with Gasteiger partial charge in [0.2, 0.25) is 0 Å². The number of aliphatic imine (C=N–C) groups is 2. The summed E-state index contributed by atoms with van der Waals surface area (Å²) in [5.41, 5.74) is -0.876. The van der Waals surface area contributed by atoms with Crippen LogP contribution in [0.4, 0.5) is 0 Å². The fourth-order valence-electron chi connectivity index (χ4n) is 3.08. The largest absolute Gasteiger partial charge is 0.757 e. The van der Waals surface area contributed by atoms with Gasteiger partial charge in [-0.2, -0.15) is 0 Å². The van der Waals surface area contributed by atoms with Gasteiger partial charge in [0.1, 0.15) is 5.84 Å². The molecule has 0 atom stereocenters. The molecular weight excluding hydrogens is 328 g/mol. The third kappa shape index (κ3) is 2.35. The van der Waals surface area contributed by atoms with E-state index in [-0.39, 0.29) is 0 Å². The minimum atomic E-state index is -0.641. The Kier molecular flexibility index (Phi) is 3.76. The molecule has 0 unspecified atom stereocenters. The molecule has 140 valence electrons. The molecule has 0 N–H and O–H groups in total. The number of nitroso groups, excluding NO2 is 1. The smallest absolute Gasteiger partial charge is 0.364 e. The minimum absolute atomic E-state index is 0.399. The number of hydroxylamine groups is 2. The molecule has 0 bridgehead atoms. The molecule has 1 aromatic rings. The van der Waals surface area contributed by atoms with Gasteiger partial charge in [-0.25, -0.2) is 0 Å². The monoisotopic (exact) mass is 356 g/mol. The zero-order chi connectivity index (χ0) is 19.7. The van der Waals surface area contributed by atoms with E-state index in [4.69, 9.17) is 0 Å². The van der Waals surface area contributed by atoms with Gasteiger partial charge in [0.15, 0.2) is 11.1 Å². The summed E-state index contributed by atoms with van der Waals surface area (Å²) in [7, 11) is 0. The molecule has 3 rings (SSSR count). The van der Waals surface area contributed by atoms with Crippen LogP contribution in [0.25, 0.3) is 0 Å². The second-order valence-corrected chi connectivity index (χ2v) is 9.28. The van der Waals surface area contributed by atoms with Gasteiger partial charge in [0.25, 0.3) is 0 Å². The zero-order valence-electron chi connectivity index (χ0n) is 16.9. The molecule has 6 heteroatoms. The lowest BCUT2D eigenvalue weighted by Crippen LogP contribution is -2.50. The average molecular weight is 356 g/mol. The van der Waals surface area contributed by atoms with Crippen molar-refractivity contribution in [3.63, 3.8) is 0 Å². The van der Waals surface area contributed by atoms with Crippen molar-refractivity contribution in [2.45, 2.75) is 77.5 Å². The van der Waals surface area contributed by atoms with Crippen LogP contribution in [0.1, 0.15) is 66.5 Å². The first-order valence-electron chi connectivity index (χ1n) is 8.98. The maximum atomic E-state index is 12.8. The standard InChI is InChI=1S/C20H28N4O2/c1-17(2)19(5,6)23(25)15(21-17)13-10-9-11-14(12-13)16-22-18(3,4)20(7,8)24(16)26/h9-12H,1-8H3. The summed E-state index contributed by atoms with van der Waals surface area (Å²) in [6.45, 7) is 15.4. The van der Waals surface area contributed by atoms with Gasteiger partial charge in [0, 0.05) is 11.1 Å². The summed E-state index contributed by atoms with van der Waals surface area (Å²) in [6.07, 6.45) is 0. The molecule has 0 radical (unpaired) electrons. The van der Waals surface area contributed by atoms with E-state index in [1.54, 1.807) is 0 Å². The summed E-state index contributed by atoms with van der Waals surface area (Å²) in [5, 5.41) is 13.8. The van der Waals surface area contributed by atoms with Gasteiger partial charge in [-0.15, -0.1) is 0 Å². The second kappa shape index (κ2) is 5.22. The lowest BCUT2D eigenvalue weighted by Gasteiger charge is -2.45. The van der Waals surface area contributed by atoms with Crippen molar-refractivity contribution in [3.05, 3.63) is 45.5 Å². The third-order valence-electron chi connectivity index (χ3n) is 6.54. The van der Waals surface area contributed by atoms with Crippen molar-refractivity contribution in [1.29, 1.82) is 0 Å². The molecule has 0 aromatic heterocycles. The van der Waals surface area contributed by atoms with Crippen LogP contribution in [0, 0.1) is 10.1 Å². The summed E-state index contributed by atoms with van der Waals surface area (Å²) in [4.78, 5) is 22.2. The highest BCUT2D eigenvalue weighted by Gasteiger charge is 2.59. The lowest BCUT2D eigenvalue weighted by atomic mass is 9.84. The number of hydrogen-bond acceptors (Lipinski definition) is 5. The van der Waals surface area contributed by atoms with Gasteiger partial charge < -0.3 is 10.3 Å². The zero-order valence-corrected chi connectivity index (χ0v) is 16.9. The molecule has 0 amide bonds. The SMILES string of the molecule is CC1(C)N=C(c2cccc(C3=NC(C)(C)C(C)(C)[N+]3=O)c2)N([O-])C1(C)C. The van der Waals surface area contributed by atoms with Crippen LogP contribution in [0.2, 0.25) is 0 Å². The Bertz CT molecular complexity index is 847. The van der Waals surface area contributed by atoms with Gasteiger partial charge in [0.05, 0.1) is 11.1 Å². The Morgan fingerprint density at radius 1 is 0.923 bits per heavy atom. The molecule has 2 aliphatic rings. The van der Waals surface area contributed by atoms with E-state index >= 15 is 0 Å². The molecule has 0 saturated heterocycles. The van der Waals surface area contributed by atoms with Crippen molar-refractivity contribution in [2.75, 3.05) is 0 Å². The topological polar surface area (TPSA) is 71.1 Å². The molecule has 1 aromatic carbocycles. The van der Waals surface area contributed by atoms with Crippen LogP contribution in [0.15, 0.2) is 34.3 Å². The van der Waals surface area contributed by atoms with E-state index in [1.165, 1.54) is 0 Å². The number of hydrogen-bond donors (Lipinski definition) is 0. The van der Waals surface area contributed by atoms with Gasteiger partial charge in [-0.3, -0.25) is 4.99 Å². The summed E-state index contributed by atoms with van der Waals surface area (Å²) < 4.78 is 0.978. The van der Waals surface area contributed by atoms with Crippen LogP contribution in [-0.2, 0) is 0 Å². The van der Waals surface area contributed by atoms with Crippen molar-refractivity contribution >= 4 is 11.7 Å². The number of amidine groups is 2. The Balaban J connectivity index is 2.06. The predicted octanol–water partition coefficient (Wildman–Crippen LogP) is 3.90. The summed E-state index contributed by atoms with van der Waals surface area (Å²) >= 11 is 0.